The molecule has 0 aliphatic heterocycles. The smallest absolute Gasteiger partial charge is 0.0612 e. The van der Waals surface area contributed by atoms with E-state index in [-0.39, 0.29) is 0 Å². The Morgan fingerprint density at radius 2 is 1.72 bits per heavy atom. The normalized spacial score (nSPS) is 10.3. The highest BCUT2D eigenvalue weighted by Crippen LogP contribution is 2.25. The lowest BCUT2D eigenvalue weighted by atomic mass is 10.3. The van der Waals surface area contributed by atoms with Gasteiger partial charge in [-0.15, -0.1) is 11.8 Å². The lowest BCUT2D eigenvalue weighted by Crippen LogP contribution is -2.03. The molecule has 0 amide bonds. The molecule has 0 fully saturated rings. The molecule has 0 radical (unpaired) electrons. The molecule has 0 aliphatic carbocycles. The topological polar surface area (TPSA) is 12.0 Å². The van der Waals surface area contributed by atoms with Gasteiger partial charge in [0.2, 0.25) is 0 Å². The van der Waals surface area contributed by atoms with Crippen LogP contribution in [0, 0.1) is 0 Å². The minimum absolute atomic E-state index is 0.581. The van der Waals surface area contributed by atoms with Crippen molar-refractivity contribution >= 4 is 40.7 Å². The van der Waals surface area contributed by atoms with Crippen LogP contribution in [0.4, 0.5) is 5.69 Å². The molecule has 0 aromatic heterocycles. The number of halogens is 2. The predicted octanol–water partition coefficient (Wildman–Crippen LogP) is 5.20. The largest absolute Gasteiger partial charge is 0.384 e. The van der Waals surface area contributed by atoms with Crippen molar-refractivity contribution in [3.63, 3.8) is 0 Å². The van der Waals surface area contributed by atoms with Crippen LogP contribution >= 0.6 is 35.0 Å². The highest BCUT2D eigenvalue weighted by molar-refractivity contribution is 7.99. The zero-order valence-corrected chi connectivity index (χ0v) is 12.0. The average Bonchev–Trinajstić information content (AvgIpc) is 2.40. The number of hydrogen-bond donors (Lipinski definition) is 1. The zero-order valence-electron chi connectivity index (χ0n) is 9.70. The quantitative estimate of drug-likeness (QED) is 0.601. The highest BCUT2D eigenvalue weighted by atomic mass is 35.5. The van der Waals surface area contributed by atoms with Crippen LogP contribution in [-0.2, 0) is 0 Å². The Hall–Kier alpha value is -0.830. The van der Waals surface area contributed by atoms with Gasteiger partial charge in [0.25, 0.3) is 0 Å². The molecular weight excluding hydrogens is 285 g/mol. The minimum Gasteiger partial charge on any atom is -0.384 e. The number of nitrogens with one attached hydrogen (secondary N) is 1. The average molecular weight is 298 g/mol. The number of anilines is 1. The van der Waals surface area contributed by atoms with Crippen molar-refractivity contribution in [2.45, 2.75) is 4.90 Å². The van der Waals surface area contributed by atoms with Crippen molar-refractivity contribution in [3.05, 3.63) is 58.6 Å². The van der Waals surface area contributed by atoms with E-state index in [9.17, 15) is 0 Å². The van der Waals surface area contributed by atoms with Gasteiger partial charge in [-0.3, -0.25) is 0 Å². The Morgan fingerprint density at radius 1 is 0.944 bits per heavy atom. The molecule has 0 saturated carbocycles. The lowest BCUT2D eigenvalue weighted by Gasteiger charge is -2.07. The van der Waals surface area contributed by atoms with Gasteiger partial charge in [0, 0.05) is 22.9 Å². The summed E-state index contributed by atoms with van der Waals surface area (Å²) in [7, 11) is 0. The lowest BCUT2D eigenvalue weighted by molar-refractivity contribution is 1.22. The molecule has 4 heteroatoms. The molecule has 0 heterocycles. The summed E-state index contributed by atoms with van der Waals surface area (Å²) in [4.78, 5) is 1.29. The molecule has 0 aliphatic rings. The van der Waals surface area contributed by atoms with E-state index < -0.39 is 0 Å². The van der Waals surface area contributed by atoms with E-state index in [4.69, 9.17) is 23.2 Å². The Bertz CT molecular complexity index is 502. The number of thioether (sulfide) groups is 1. The fourth-order valence-electron chi connectivity index (χ4n) is 1.49. The molecule has 94 valence electrons. The van der Waals surface area contributed by atoms with Gasteiger partial charge in [-0.05, 0) is 30.3 Å². The van der Waals surface area contributed by atoms with Crippen LogP contribution in [0.5, 0.6) is 0 Å². The van der Waals surface area contributed by atoms with Crippen molar-refractivity contribution < 1.29 is 0 Å². The van der Waals surface area contributed by atoms with E-state index in [1.165, 1.54) is 4.90 Å². The third kappa shape index (κ3) is 4.13. The second-order valence-corrected chi connectivity index (χ2v) is 5.70. The van der Waals surface area contributed by atoms with Crippen molar-refractivity contribution in [2.24, 2.45) is 0 Å². The molecule has 2 rings (SSSR count). The number of rotatable bonds is 5. The highest BCUT2D eigenvalue weighted by Gasteiger charge is 1.99. The molecular formula is C14H13Cl2NS. The van der Waals surface area contributed by atoms with Crippen LogP contribution < -0.4 is 5.32 Å². The van der Waals surface area contributed by atoms with E-state index in [0.717, 1.165) is 18.0 Å². The van der Waals surface area contributed by atoms with Crippen LogP contribution in [-0.4, -0.2) is 12.3 Å². The van der Waals surface area contributed by atoms with Gasteiger partial charge < -0.3 is 5.32 Å². The fourth-order valence-corrected chi connectivity index (χ4v) is 2.57. The van der Waals surface area contributed by atoms with Gasteiger partial charge in [0.15, 0.2) is 0 Å². The van der Waals surface area contributed by atoms with E-state index in [1.54, 1.807) is 6.07 Å². The molecule has 0 atom stereocenters. The number of hydrogen-bond acceptors (Lipinski definition) is 2. The van der Waals surface area contributed by atoms with Crippen LogP contribution in [0.25, 0.3) is 0 Å². The third-order valence-electron chi connectivity index (χ3n) is 2.36. The second-order valence-electron chi connectivity index (χ2n) is 3.72. The van der Waals surface area contributed by atoms with Gasteiger partial charge in [-0.1, -0.05) is 41.4 Å². The maximum atomic E-state index is 5.95. The Labute approximate surface area is 121 Å². The van der Waals surface area contributed by atoms with Crippen molar-refractivity contribution in [1.82, 2.24) is 0 Å². The van der Waals surface area contributed by atoms with Crippen molar-refractivity contribution in [3.8, 4) is 0 Å². The second kappa shape index (κ2) is 6.93. The summed E-state index contributed by atoms with van der Waals surface area (Å²) in [6, 6.07) is 15.9. The van der Waals surface area contributed by atoms with Crippen molar-refractivity contribution in [2.75, 3.05) is 17.6 Å². The van der Waals surface area contributed by atoms with Crippen LogP contribution in [0.15, 0.2) is 53.4 Å². The van der Waals surface area contributed by atoms with Gasteiger partial charge in [0.1, 0.15) is 0 Å². The number of benzene rings is 2. The first kappa shape index (κ1) is 13.6. The summed E-state index contributed by atoms with van der Waals surface area (Å²) in [6.07, 6.45) is 0. The molecule has 1 nitrogen and oxygen atoms in total. The summed E-state index contributed by atoms with van der Waals surface area (Å²) >= 11 is 13.6. The third-order valence-corrected chi connectivity index (χ3v) is 4.12. The first-order valence-electron chi connectivity index (χ1n) is 5.62. The molecule has 2 aromatic rings. The van der Waals surface area contributed by atoms with E-state index >= 15 is 0 Å². The summed E-state index contributed by atoms with van der Waals surface area (Å²) in [5.74, 6) is 1.00. The maximum absolute atomic E-state index is 5.95. The maximum Gasteiger partial charge on any atom is 0.0612 e. The first-order chi connectivity index (χ1) is 8.75. The summed E-state index contributed by atoms with van der Waals surface area (Å²) in [6.45, 7) is 0.886. The molecule has 18 heavy (non-hydrogen) atoms. The van der Waals surface area contributed by atoms with Crippen LogP contribution in [0.3, 0.4) is 0 Å². The molecule has 1 N–H and O–H groups in total. The van der Waals surface area contributed by atoms with Gasteiger partial charge >= 0.3 is 0 Å². The zero-order chi connectivity index (χ0) is 12.8. The molecule has 0 unspecified atom stereocenters. The van der Waals surface area contributed by atoms with Crippen LogP contribution in [0.1, 0.15) is 0 Å². The Kier molecular flexibility index (Phi) is 5.24. The predicted molar refractivity (Wildman–Crippen MR) is 82.1 cm³/mol. The minimum atomic E-state index is 0.581. The summed E-state index contributed by atoms with van der Waals surface area (Å²) in [5.41, 5.74) is 0.998. The van der Waals surface area contributed by atoms with E-state index in [0.29, 0.717) is 10.0 Å². The monoisotopic (exact) mass is 297 g/mol. The molecule has 0 spiro atoms. The molecule has 0 bridgehead atoms. The van der Waals surface area contributed by atoms with Crippen LogP contribution in [0.2, 0.25) is 10.0 Å². The van der Waals surface area contributed by atoms with Gasteiger partial charge in [0.05, 0.1) is 10.0 Å². The van der Waals surface area contributed by atoms with E-state index in [1.807, 2.05) is 30.0 Å². The van der Waals surface area contributed by atoms with Gasteiger partial charge in [-0.2, -0.15) is 0 Å². The standard InChI is InChI=1S/C14H13Cl2NS/c15-13-7-6-11(10-14(13)16)17-8-9-18-12-4-2-1-3-5-12/h1-7,10,17H,8-9H2. The SMILES string of the molecule is Clc1ccc(NCCSc2ccccc2)cc1Cl. The Morgan fingerprint density at radius 3 is 2.44 bits per heavy atom. The van der Waals surface area contributed by atoms with Gasteiger partial charge in [-0.25, -0.2) is 0 Å². The molecule has 2 aromatic carbocycles. The summed E-state index contributed by atoms with van der Waals surface area (Å²) < 4.78 is 0. The van der Waals surface area contributed by atoms with Crippen molar-refractivity contribution in [1.29, 1.82) is 0 Å². The van der Waals surface area contributed by atoms with E-state index in [2.05, 4.69) is 29.6 Å². The fraction of sp³-hybridized carbons (Fsp3) is 0.143. The molecule has 0 saturated heterocycles. The summed E-state index contributed by atoms with van der Waals surface area (Å²) in [5, 5.41) is 4.48. The Balaban J connectivity index is 1.77. The first-order valence-corrected chi connectivity index (χ1v) is 7.36.